The number of anilines is 1. The van der Waals surface area contributed by atoms with Gasteiger partial charge < -0.3 is 14.6 Å². The highest BCUT2D eigenvalue weighted by Gasteiger charge is 2.09. The molecule has 0 aliphatic heterocycles. The van der Waals surface area contributed by atoms with Crippen LogP contribution in [0, 0.1) is 6.92 Å². The number of nitrogens with one attached hydrogen (secondary N) is 1. The van der Waals surface area contributed by atoms with Gasteiger partial charge in [0.05, 0.1) is 6.61 Å². The fourth-order valence-corrected chi connectivity index (χ4v) is 1.39. The Hall–Kier alpha value is -1.95. The third-order valence-corrected chi connectivity index (χ3v) is 2.27. The maximum Gasteiger partial charge on any atom is 0.321 e. The Balaban J connectivity index is 2.10. The lowest BCUT2D eigenvalue weighted by Gasteiger charge is -1.98. The van der Waals surface area contributed by atoms with Crippen molar-refractivity contribution in [2.24, 2.45) is 0 Å². The molecule has 0 unspecified atom stereocenters. The summed E-state index contributed by atoms with van der Waals surface area (Å²) < 4.78 is 9.99. The molecule has 17 heavy (non-hydrogen) atoms. The van der Waals surface area contributed by atoms with E-state index in [4.69, 9.17) is 9.26 Å². The molecule has 0 saturated carbocycles. The lowest BCUT2D eigenvalue weighted by Crippen LogP contribution is -2.07. The van der Waals surface area contributed by atoms with Crippen LogP contribution in [0.5, 0.6) is 0 Å². The van der Waals surface area contributed by atoms with Crippen molar-refractivity contribution in [2.45, 2.75) is 6.92 Å². The lowest BCUT2D eigenvalue weighted by molar-refractivity contribution is 0.210. The highest BCUT2D eigenvalue weighted by molar-refractivity contribution is 5.58. The molecule has 2 aromatic heterocycles. The quantitative estimate of drug-likeness (QED) is 0.790. The van der Waals surface area contributed by atoms with E-state index in [9.17, 15) is 0 Å². The van der Waals surface area contributed by atoms with E-state index >= 15 is 0 Å². The first-order valence-corrected chi connectivity index (χ1v) is 5.29. The molecule has 90 valence electrons. The molecule has 1 N–H and O–H groups in total. The summed E-state index contributed by atoms with van der Waals surface area (Å²) in [4.78, 5) is 8.26. The van der Waals surface area contributed by atoms with Gasteiger partial charge in [-0.25, -0.2) is 0 Å². The molecule has 0 aromatic carbocycles. The molecule has 6 heteroatoms. The van der Waals surface area contributed by atoms with Gasteiger partial charge in [0.2, 0.25) is 5.82 Å². The van der Waals surface area contributed by atoms with Gasteiger partial charge in [-0.15, -0.1) is 0 Å². The number of hydrogen-bond acceptors (Lipinski definition) is 6. The number of methoxy groups -OCH3 is 1. The van der Waals surface area contributed by atoms with Gasteiger partial charge in [0.1, 0.15) is 0 Å². The molecule has 0 spiro atoms. The van der Waals surface area contributed by atoms with E-state index in [2.05, 4.69) is 20.4 Å². The Kier molecular flexibility index (Phi) is 3.66. The maximum atomic E-state index is 5.07. The van der Waals surface area contributed by atoms with Crippen molar-refractivity contribution in [3.8, 4) is 11.4 Å². The average molecular weight is 234 g/mol. The first-order valence-electron chi connectivity index (χ1n) is 5.29. The summed E-state index contributed by atoms with van der Waals surface area (Å²) in [6.07, 6.45) is 3.47. The van der Waals surface area contributed by atoms with Gasteiger partial charge in [0.25, 0.3) is 0 Å². The monoisotopic (exact) mass is 234 g/mol. The van der Waals surface area contributed by atoms with Crippen molar-refractivity contribution >= 4 is 6.01 Å². The fourth-order valence-electron chi connectivity index (χ4n) is 1.39. The van der Waals surface area contributed by atoms with Crippen molar-refractivity contribution in [2.75, 3.05) is 25.6 Å². The second-order valence-corrected chi connectivity index (χ2v) is 3.53. The van der Waals surface area contributed by atoms with E-state index in [1.54, 1.807) is 19.5 Å². The fraction of sp³-hybridized carbons (Fsp3) is 0.364. The molecule has 0 amide bonds. The first-order chi connectivity index (χ1) is 8.31. The molecule has 0 radical (unpaired) electrons. The third-order valence-electron chi connectivity index (χ3n) is 2.27. The van der Waals surface area contributed by atoms with Gasteiger partial charge in [0, 0.05) is 31.6 Å². The zero-order valence-electron chi connectivity index (χ0n) is 9.80. The van der Waals surface area contributed by atoms with Crippen LogP contribution in [0.15, 0.2) is 23.0 Å². The highest BCUT2D eigenvalue weighted by Crippen LogP contribution is 2.20. The minimum absolute atomic E-state index is 0.397. The van der Waals surface area contributed by atoms with Crippen molar-refractivity contribution in [1.29, 1.82) is 0 Å². The summed E-state index contributed by atoms with van der Waals surface area (Å²) in [5.74, 6) is 0.560. The molecule has 0 bridgehead atoms. The molecule has 0 saturated heterocycles. The molecular weight excluding hydrogens is 220 g/mol. The average Bonchev–Trinajstić information content (AvgIpc) is 2.79. The molecule has 0 aliphatic rings. The Bertz CT molecular complexity index is 484. The Morgan fingerprint density at radius 1 is 1.47 bits per heavy atom. The van der Waals surface area contributed by atoms with Crippen molar-refractivity contribution in [3.05, 3.63) is 24.0 Å². The van der Waals surface area contributed by atoms with Crippen LogP contribution in [0.25, 0.3) is 11.4 Å². The minimum atomic E-state index is 0.397. The largest absolute Gasteiger partial charge is 0.383 e. The summed E-state index contributed by atoms with van der Waals surface area (Å²) >= 11 is 0. The second kappa shape index (κ2) is 5.40. The van der Waals surface area contributed by atoms with Gasteiger partial charge in [-0.3, -0.25) is 4.98 Å². The zero-order chi connectivity index (χ0) is 12.1. The first kappa shape index (κ1) is 11.5. The number of pyridine rings is 1. The van der Waals surface area contributed by atoms with E-state index in [1.807, 2.05) is 13.0 Å². The third kappa shape index (κ3) is 2.79. The van der Waals surface area contributed by atoms with E-state index in [0.717, 1.165) is 11.1 Å². The second-order valence-electron chi connectivity index (χ2n) is 3.53. The van der Waals surface area contributed by atoms with Gasteiger partial charge >= 0.3 is 6.01 Å². The summed E-state index contributed by atoms with van der Waals surface area (Å²) in [7, 11) is 1.64. The molecule has 2 aromatic rings. The van der Waals surface area contributed by atoms with E-state index in [0.29, 0.717) is 25.0 Å². The van der Waals surface area contributed by atoms with Crippen molar-refractivity contribution in [3.63, 3.8) is 0 Å². The Morgan fingerprint density at radius 3 is 3.12 bits per heavy atom. The highest BCUT2D eigenvalue weighted by atomic mass is 16.5. The number of ether oxygens (including phenoxy) is 1. The van der Waals surface area contributed by atoms with E-state index in [1.165, 1.54) is 0 Å². The number of hydrogen-bond donors (Lipinski definition) is 1. The number of aromatic nitrogens is 3. The Labute approximate surface area is 99.0 Å². The van der Waals surface area contributed by atoms with Crippen molar-refractivity contribution < 1.29 is 9.26 Å². The van der Waals surface area contributed by atoms with Crippen LogP contribution in [-0.4, -0.2) is 35.4 Å². The standard InChI is InChI=1S/C11H14N4O2/c1-8-7-12-4-3-9(8)10-14-11(17-15-10)13-5-6-16-2/h3-4,7H,5-6H2,1-2H3,(H,13,14,15). The topological polar surface area (TPSA) is 73.1 Å². The van der Waals surface area contributed by atoms with Crippen LogP contribution in [0.1, 0.15) is 5.56 Å². The predicted octanol–water partition coefficient (Wildman–Crippen LogP) is 1.50. The number of rotatable bonds is 5. The summed E-state index contributed by atoms with van der Waals surface area (Å²) in [5, 5.41) is 6.88. The van der Waals surface area contributed by atoms with Crippen molar-refractivity contribution in [1.82, 2.24) is 15.1 Å². The number of nitrogens with zero attached hydrogens (tertiary/aromatic N) is 3. The molecule has 0 atom stereocenters. The van der Waals surface area contributed by atoms with Gasteiger partial charge in [-0.1, -0.05) is 5.16 Å². The normalized spacial score (nSPS) is 10.5. The smallest absolute Gasteiger partial charge is 0.321 e. The molecule has 0 aliphatic carbocycles. The SMILES string of the molecule is COCCNc1nc(-c2ccncc2C)no1. The van der Waals surface area contributed by atoms with Gasteiger partial charge in [0.15, 0.2) is 0 Å². The lowest BCUT2D eigenvalue weighted by atomic mass is 10.1. The van der Waals surface area contributed by atoms with Gasteiger partial charge in [-0.05, 0) is 18.6 Å². The van der Waals surface area contributed by atoms with Crippen LogP contribution in [0.3, 0.4) is 0 Å². The maximum absolute atomic E-state index is 5.07. The zero-order valence-corrected chi connectivity index (χ0v) is 9.80. The summed E-state index contributed by atoms with van der Waals surface area (Å²) in [6.45, 7) is 3.18. The summed E-state index contributed by atoms with van der Waals surface area (Å²) in [6, 6.07) is 2.26. The van der Waals surface area contributed by atoms with Crippen LogP contribution >= 0.6 is 0 Å². The van der Waals surface area contributed by atoms with Crippen LogP contribution < -0.4 is 5.32 Å². The molecule has 2 heterocycles. The molecule has 6 nitrogen and oxygen atoms in total. The molecular formula is C11H14N4O2. The summed E-state index contributed by atoms with van der Waals surface area (Å²) in [5.41, 5.74) is 1.93. The molecule has 2 rings (SSSR count). The van der Waals surface area contributed by atoms with Crippen LogP contribution in [-0.2, 0) is 4.74 Å². The predicted molar refractivity (Wildman–Crippen MR) is 62.6 cm³/mol. The minimum Gasteiger partial charge on any atom is -0.383 e. The Morgan fingerprint density at radius 2 is 2.35 bits per heavy atom. The van der Waals surface area contributed by atoms with Gasteiger partial charge in [-0.2, -0.15) is 4.98 Å². The number of aryl methyl sites for hydroxylation is 1. The van der Waals surface area contributed by atoms with Crippen LogP contribution in [0.2, 0.25) is 0 Å². The van der Waals surface area contributed by atoms with E-state index in [-0.39, 0.29) is 0 Å². The van der Waals surface area contributed by atoms with E-state index < -0.39 is 0 Å². The molecule has 0 fully saturated rings. The van der Waals surface area contributed by atoms with Crippen LogP contribution in [0.4, 0.5) is 6.01 Å².